The van der Waals surface area contributed by atoms with Crippen LogP contribution < -0.4 is 4.74 Å². The average molecular weight is 465 g/mol. The van der Waals surface area contributed by atoms with Crippen LogP contribution in [0, 0.1) is 11.8 Å². The van der Waals surface area contributed by atoms with Crippen molar-refractivity contribution in [2.75, 3.05) is 26.7 Å². The maximum absolute atomic E-state index is 14.6. The highest BCUT2D eigenvalue weighted by Crippen LogP contribution is 2.31. The molecule has 6 heteroatoms. The van der Waals surface area contributed by atoms with Crippen LogP contribution >= 0.6 is 0 Å². The van der Waals surface area contributed by atoms with Crippen LogP contribution in [0.1, 0.15) is 43.0 Å². The molecular weight excluding hydrogens is 431 g/mol. The number of carboxylic acids is 1. The molecule has 0 radical (unpaired) electrons. The van der Waals surface area contributed by atoms with Crippen LogP contribution in [-0.2, 0) is 11.2 Å². The number of benzene rings is 2. The predicted molar refractivity (Wildman–Crippen MR) is 132 cm³/mol. The zero-order chi connectivity index (χ0) is 23.9. The summed E-state index contributed by atoms with van der Waals surface area (Å²) in [6.07, 6.45) is 4.70. The van der Waals surface area contributed by atoms with E-state index in [9.17, 15) is 14.3 Å². The van der Waals surface area contributed by atoms with Crippen LogP contribution in [0.3, 0.4) is 0 Å². The molecular formula is C28H33FN2O3. The molecule has 3 aromatic rings. The highest BCUT2D eigenvalue weighted by molar-refractivity contribution is 5.83. The fourth-order valence-corrected chi connectivity index (χ4v) is 5.10. The first-order chi connectivity index (χ1) is 16.5. The van der Waals surface area contributed by atoms with Gasteiger partial charge in [-0.1, -0.05) is 30.3 Å². The molecule has 5 nitrogen and oxygen atoms in total. The van der Waals surface area contributed by atoms with Crippen molar-refractivity contribution in [1.82, 2.24) is 9.88 Å². The van der Waals surface area contributed by atoms with Gasteiger partial charge in [0.15, 0.2) is 0 Å². The fourth-order valence-electron chi connectivity index (χ4n) is 5.10. The van der Waals surface area contributed by atoms with E-state index in [1.165, 1.54) is 5.56 Å². The standard InChI is InChI=1S/C28H33FN2O3/c1-34-23-10-11-27-24(18-23)20(12-15-30-27)8-5-9-21-13-16-31(19-25(21)28(32)33)17-14-26(29)22-6-3-2-4-7-22/h2-4,6-7,10-12,15,18,21,25-26H,5,8-9,13-14,16-17,19H2,1H3,(H,32,33)/t21-,25+,26-/m1/s1. The Morgan fingerprint density at radius 3 is 2.82 bits per heavy atom. The lowest BCUT2D eigenvalue weighted by Crippen LogP contribution is -2.44. The number of nitrogens with zero attached hydrogens (tertiary/aromatic N) is 2. The smallest absolute Gasteiger partial charge is 0.308 e. The molecule has 3 atom stereocenters. The minimum absolute atomic E-state index is 0.145. The number of hydrogen-bond acceptors (Lipinski definition) is 4. The number of halogens is 1. The largest absolute Gasteiger partial charge is 0.497 e. The van der Waals surface area contributed by atoms with Crippen molar-refractivity contribution in [1.29, 1.82) is 0 Å². The predicted octanol–water partition coefficient (Wildman–Crippen LogP) is 5.69. The molecule has 1 fully saturated rings. The minimum Gasteiger partial charge on any atom is -0.497 e. The number of rotatable bonds is 10. The highest BCUT2D eigenvalue weighted by atomic mass is 19.1. The molecule has 0 bridgehead atoms. The molecule has 0 saturated carbocycles. The number of pyridine rings is 1. The Morgan fingerprint density at radius 2 is 2.06 bits per heavy atom. The van der Waals surface area contributed by atoms with Gasteiger partial charge in [-0.3, -0.25) is 9.78 Å². The molecule has 0 amide bonds. The molecule has 1 saturated heterocycles. The first kappa shape index (κ1) is 24.1. The van der Waals surface area contributed by atoms with Gasteiger partial charge in [-0.2, -0.15) is 0 Å². The number of aliphatic carboxylic acids is 1. The molecule has 34 heavy (non-hydrogen) atoms. The number of methoxy groups -OCH3 is 1. The first-order valence-electron chi connectivity index (χ1n) is 12.1. The van der Waals surface area contributed by atoms with Crippen LogP contribution in [-0.4, -0.2) is 47.7 Å². The summed E-state index contributed by atoms with van der Waals surface area (Å²) in [5.74, 6) is -0.194. The topological polar surface area (TPSA) is 62.7 Å². The van der Waals surface area contributed by atoms with E-state index in [0.29, 0.717) is 25.1 Å². The third-order valence-electron chi connectivity index (χ3n) is 7.08. The number of carbonyl (C=O) groups is 1. The second kappa shape index (κ2) is 11.4. The number of aromatic nitrogens is 1. The summed E-state index contributed by atoms with van der Waals surface area (Å²) in [4.78, 5) is 18.6. The summed E-state index contributed by atoms with van der Waals surface area (Å²) in [5.41, 5.74) is 2.84. The molecule has 1 aliphatic heterocycles. The van der Waals surface area contributed by atoms with E-state index in [2.05, 4.69) is 9.88 Å². The van der Waals surface area contributed by atoms with Crippen LogP contribution in [0.15, 0.2) is 60.8 Å². The Hall–Kier alpha value is -2.99. The number of ether oxygens (including phenoxy) is 1. The van der Waals surface area contributed by atoms with E-state index in [-0.39, 0.29) is 5.92 Å². The van der Waals surface area contributed by atoms with Gasteiger partial charge in [0.05, 0.1) is 18.5 Å². The lowest BCUT2D eigenvalue weighted by molar-refractivity contribution is -0.146. The van der Waals surface area contributed by atoms with E-state index in [0.717, 1.165) is 48.9 Å². The van der Waals surface area contributed by atoms with Crippen LogP contribution in [0.25, 0.3) is 10.9 Å². The summed E-state index contributed by atoms with van der Waals surface area (Å²) in [5, 5.41) is 11.0. The molecule has 2 aromatic carbocycles. The van der Waals surface area contributed by atoms with Crippen molar-refractivity contribution >= 4 is 16.9 Å². The normalized spacial score (nSPS) is 19.7. The lowest BCUT2D eigenvalue weighted by atomic mass is 9.81. The Morgan fingerprint density at radius 1 is 1.24 bits per heavy atom. The monoisotopic (exact) mass is 464 g/mol. The maximum Gasteiger partial charge on any atom is 0.308 e. The van der Waals surface area contributed by atoms with Crippen LogP contribution in [0.2, 0.25) is 0 Å². The van der Waals surface area contributed by atoms with E-state index >= 15 is 0 Å². The molecule has 4 rings (SSSR count). The zero-order valence-corrected chi connectivity index (χ0v) is 19.7. The Bertz CT molecular complexity index is 1090. The van der Waals surface area contributed by atoms with Gasteiger partial charge >= 0.3 is 5.97 Å². The van der Waals surface area contributed by atoms with Crippen molar-refractivity contribution < 1.29 is 19.0 Å². The third kappa shape index (κ3) is 5.92. The minimum atomic E-state index is -1.02. The summed E-state index contributed by atoms with van der Waals surface area (Å²) in [6, 6.07) is 17.1. The molecule has 1 N–H and O–H groups in total. The van der Waals surface area contributed by atoms with Crippen LogP contribution in [0.4, 0.5) is 4.39 Å². The summed E-state index contributed by atoms with van der Waals surface area (Å²) >= 11 is 0. The quantitative estimate of drug-likeness (QED) is 0.418. The SMILES string of the molecule is COc1ccc2nccc(CCC[C@@H]3CCN(CC[C@@H](F)c4ccccc4)C[C@@H]3C(=O)O)c2c1. The number of fused-ring (bicyclic) bond motifs is 1. The maximum atomic E-state index is 14.6. The second-order valence-electron chi connectivity index (χ2n) is 9.21. The first-order valence-corrected chi connectivity index (χ1v) is 12.1. The lowest BCUT2D eigenvalue weighted by Gasteiger charge is -2.37. The van der Waals surface area contributed by atoms with E-state index < -0.39 is 18.1 Å². The number of likely N-dealkylation sites (tertiary alicyclic amines) is 1. The zero-order valence-electron chi connectivity index (χ0n) is 19.7. The van der Waals surface area contributed by atoms with Gasteiger partial charge in [0.1, 0.15) is 11.9 Å². The number of aryl methyl sites for hydroxylation is 1. The molecule has 0 unspecified atom stereocenters. The van der Waals surface area contributed by atoms with Gasteiger partial charge < -0.3 is 14.7 Å². The van der Waals surface area contributed by atoms with Crippen molar-refractivity contribution in [3.05, 3.63) is 71.9 Å². The Kier molecular flexibility index (Phi) is 8.12. The van der Waals surface area contributed by atoms with E-state index in [1.807, 2.05) is 48.7 Å². The number of hydrogen-bond donors (Lipinski definition) is 1. The molecule has 2 heterocycles. The van der Waals surface area contributed by atoms with Crippen molar-refractivity contribution in [2.45, 2.75) is 38.3 Å². The Balaban J connectivity index is 1.31. The van der Waals surface area contributed by atoms with Crippen molar-refractivity contribution in [2.24, 2.45) is 11.8 Å². The van der Waals surface area contributed by atoms with Gasteiger partial charge in [-0.05, 0) is 80.0 Å². The summed E-state index contributed by atoms with van der Waals surface area (Å²) in [6.45, 7) is 1.90. The van der Waals surface area contributed by atoms with Gasteiger partial charge in [-0.25, -0.2) is 4.39 Å². The molecule has 0 aliphatic carbocycles. The summed E-state index contributed by atoms with van der Waals surface area (Å²) in [7, 11) is 1.66. The highest BCUT2D eigenvalue weighted by Gasteiger charge is 2.34. The fraction of sp³-hybridized carbons (Fsp3) is 0.429. The number of piperidine rings is 1. The van der Waals surface area contributed by atoms with Crippen LogP contribution in [0.5, 0.6) is 5.75 Å². The second-order valence-corrected chi connectivity index (χ2v) is 9.21. The van der Waals surface area contributed by atoms with Gasteiger partial charge in [-0.15, -0.1) is 0 Å². The number of alkyl halides is 1. The third-order valence-corrected chi connectivity index (χ3v) is 7.08. The van der Waals surface area contributed by atoms with Crippen molar-refractivity contribution in [3.63, 3.8) is 0 Å². The van der Waals surface area contributed by atoms with Gasteiger partial charge in [0.2, 0.25) is 0 Å². The molecule has 1 aromatic heterocycles. The average Bonchev–Trinajstić information content (AvgIpc) is 2.88. The molecule has 180 valence electrons. The van der Waals surface area contributed by atoms with Gasteiger partial charge in [0, 0.05) is 24.7 Å². The van der Waals surface area contributed by atoms with Crippen molar-refractivity contribution in [3.8, 4) is 5.75 Å². The van der Waals surface area contributed by atoms with E-state index in [1.54, 1.807) is 19.2 Å². The molecule has 1 aliphatic rings. The number of carboxylic acid groups (broad SMARTS) is 1. The molecule has 0 spiro atoms. The Labute approximate surface area is 200 Å². The van der Waals surface area contributed by atoms with E-state index in [4.69, 9.17) is 4.74 Å². The van der Waals surface area contributed by atoms with Gasteiger partial charge in [0.25, 0.3) is 0 Å². The summed E-state index contributed by atoms with van der Waals surface area (Å²) < 4.78 is 19.9.